The molecule has 3 heteroatoms. The van der Waals surface area contributed by atoms with Gasteiger partial charge in [0.2, 0.25) is 0 Å². The third kappa shape index (κ3) is 2.82. The Morgan fingerprint density at radius 3 is 2.86 bits per heavy atom. The van der Waals surface area contributed by atoms with E-state index in [2.05, 4.69) is 0 Å². The first-order valence-corrected chi connectivity index (χ1v) is 4.85. The lowest BCUT2D eigenvalue weighted by atomic mass is 10.1. The monoisotopic (exact) mass is 213 g/mol. The van der Waals surface area contributed by atoms with Crippen molar-refractivity contribution in [2.24, 2.45) is 5.73 Å². The van der Waals surface area contributed by atoms with Crippen LogP contribution in [0, 0.1) is 12.7 Å². The van der Waals surface area contributed by atoms with Gasteiger partial charge in [0.05, 0.1) is 0 Å². The average molecular weight is 214 g/mol. The van der Waals surface area contributed by atoms with Gasteiger partial charge < -0.3 is 5.73 Å². The molecule has 1 aromatic rings. The van der Waals surface area contributed by atoms with Gasteiger partial charge in [-0.05, 0) is 43.1 Å². The maximum Gasteiger partial charge on any atom is 0.126 e. The fraction of sp³-hybridized carbons (Fsp3) is 0.273. The maximum atomic E-state index is 13.2. The Balaban J connectivity index is 2.92. The van der Waals surface area contributed by atoms with Gasteiger partial charge in [0.15, 0.2) is 0 Å². The zero-order valence-corrected chi connectivity index (χ0v) is 8.81. The fourth-order valence-corrected chi connectivity index (χ4v) is 1.38. The van der Waals surface area contributed by atoms with E-state index >= 15 is 0 Å². The fourth-order valence-electron chi connectivity index (χ4n) is 1.10. The van der Waals surface area contributed by atoms with E-state index in [0.717, 1.165) is 6.42 Å². The van der Waals surface area contributed by atoms with Crippen LogP contribution in [-0.4, -0.2) is 6.54 Å². The van der Waals surface area contributed by atoms with Gasteiger partial charge in [-0.25, -0.2) is 4.39 Å². The van der Waals surface area contributed by atoms with Crippen molar-refractivity contribution in [2.75, 3.05) is 6.54 Å². The lowest BCUT2D eigenvalue weighted by Gasteiger charge is -2.01. The summed E-state index contributed by atoms with van der Waals surface area (Å²) < 4.78 is 13.2. The number of rotatable bonds is 3. The summed E-state index contributed by atoms with van der Waals surface area (Å²) in [5.41, 5.74) is 6.58. The van der Waals surface area contributed by atoms with E-state index in [1.54, 1.807) is 19.1 Å². The molecule has 0 atom stereocenters. The van der Waals surface area contributed by atoms with Crippen LogP contribution < -0.4 is 5.73 Å². The lowest BCUT2D eigenvalue weighted by Crippen LogP contribution is -1.95. The SMILES string of the molecule is Cc1cc(Cl)c(C=CCCN)cc1F. The summed E-state index contributed by atoms with van der Waals surface area (Å²) in [6, 6.07) is 3.06. The number of benzene rings is 1. The highest BCUT2D eigenvalue weighted by atomic mass is 35.5. The second kappa shape index (κ2) is 5.13. The van der Waals surface area contributed by atoms with Crippen LogP contribution in [0.25, 0.3) is 6.08 Å². The molecule has 0 radical (unpaired) electrons. The predicted molar refractivity (Wildman–Crippen MR) is 58.9 cm³/mol. The standard InChI is InChI=1S/C11H13ClFN/c1-8-6-10(12)9(7-11(8)13)4-2-3-5-14/h2,4,6-7H,3,5,14H2,1H3. The normalized spacial score (nSPS) is 11.1. The topological polar surface area (TPSA) is 26.0 Å². The maximum absolute atomic E-state index is 13.2. The quantitative estimate of drug-likeness (QED) is 0.820. The molecule has 1 nitrogen and oxygen atoms in total. The molecule has 0 spiro atoms. The number of halogens is 2. The van der Waals surface area contributed by atoms with Crippen LogP contribution in [0.15, 0.2) is 18.2 Å². The van der Waals surface area contributed by atoms with E-state index in [1.807, 2.05) is 6.08 Å². The van der Waals surface area contributed by atoms with Crippen LogP contribution in [-0.2, 0) is 0 Å². The van der Waals surface area contributed by atoms with Crippen molar-refractivity contribution in [1.82, 2.24) is 0 Å². The van der Waals surface area contributed by atoms with Gasteiger partial charge in [0.1, 0.15) is 5.82 Å². The van der Waals surface area contributed by atoms with E-state index in [-0.39, 0.29) is 5.82 Å². The molecule has 0 heterocycles. The first kappa shape index (κ1) is 11.2. The molecule has 0 fully saturated rings. The smallest absolute Gasteiger partial charge is 0.126 e. The Morgan fingerprint density at radius 1 is 1.50 bits per heavy atom. The molecule has 0 aliphatic heterocycles. The summed E-state index contributed by atoms with van der Waals surface area (Å²) in [5, 5.41) is 0.567. The predicted octanol–water partition coefficient (Wildman–Crippen LogP) is 3.15. The van der Waals surface area contributed by atoms with Crippen LogP contribution in [0.1, 0.15) is 17.5 Å². The van der Waals surface area contributed by atoms with Crippen LogP contribution in [0.5, 0.6) is 0 Å². The summed E-state index contributed by atoms with van der Waals surface area (Å²) in [7, 11) is 0. The summed E-state index contributed by atoms with van der Waals surface area (Å²) in [5.74, 6) is -0.234. The van der Waals surface area contributed by atoms with Gasteiger partial charge in [-0.1, -0.05) is 23.8 Å². The average Bonchev–Trinajstić information content (AvgIpc) is 2.14. The minimum absolute atomic E-state index is 0.234. The van der Waals surface area contributed by atoms with Gasteiger partial charge in [0.25, 0.3) is 0 Å². The van der Waals surface area contributed by atoms with Crippen molar-refractivity contribution in [1.29, 1.82) is 0 Å². The van der Waals surface area contributed by atoms with Crippen LogP contribution in [0.4, 0.5) is 4.39 Å². The molecule has 0 saturated carbocycles. The third-order valence-electron chi connectivity index (χ3n) is 1.91. The third-order valence-corrected chi connectivity index (χ3v) is 2.24. The van der Waals surface area contributed by atoms with Gasteiger partial charge in [0, 0.05) is 5.02 Å². The van der Waals surface area contributed by atoms with E-state index in [9.17, 15) is 4.39 Å². The molecule has 1 rings (SSSR count). The molecule has 0 aromatic heterocycles. The van der Waals surface area contributed by atoms with Crippen LogP contribution in [0.3, 0.4) is 0 Å². The Hall–Kier alpha value is -0.860. The molecule has 0 aliphatic rings. The number of hydrogen-bond donors (Lipinski definition) is 1. The molecule has 0 bridgehead atoms. The zero-order chi connectivity index (χ0) is 10.6. The largest absolute Gasteiger partial charge is 0.330 e. The molecule has 2 N–H and O–H groups in total. The minimum atomic E-state index is -0.234. The van der Waals surface area contributed by atoms with Crippen molar-refractivity contribution >= 4 is 17.7 Å². The summed E-state index contributed by atoms with van der Waals surface area (Å²) in [6.07, 6.45) is 4.44. The van der Waals surface area contributed by atoms with Gasteiger partial charge in [-0.2, -0.15) is 0 Å². The first-order chi connectivity index (χ1) is 6.65. The Kier molecular flexibility index (Phi) is 4.11. The molecular weight excluding hydrogens is 201 g/mol. The highest BCUT2D eigenvalue weighted by molar-refractivity contribution is 6.32. The minimum Gasteiger partial charge on any atom is -0.330 e. The highest BCUT2D eigenvalue weighted by Gasteiger charge is 2.02. The zero-order valence-electron chi connectivity index (χ0n) is 8.06. The van der Waals surface area contributed by atoms with E-state index in [0.29, 0.717) is 22.7 Å². The van der Waals surface area contributed by atoms with Crippen molar-refractivity contribution in [3.63, 3.8) is 0 Å². The van der Waals surface area contributed by atoms with E-state index in [1.165, 1.54) is 6.07 Å². The molecule has 0 aliphatic carbocycles. The van der Waals surface area contributed by atoms with Crippen molar-refractivity contribution in [2.45, 2.75) is 13.3 Å². The second-order valence-electron chi connectivity index (χ2n) is 3.10. The van der Waals surface area contributed by atoms with Gasteiger partial charge >= 0.3 is 0 Å². The Labute approximate surface area is 88.4 Å². The number of nitrogens with two attached hydrogens (primary N) is 1. The second-order valence-corrected chi connectivity index (χ2v) is 3.51. The van der Waals surface area contributed by atoms with E-state index in [4.69, 9.17) is 17.3 Å². The molecule has 76 valence electrons. The van der Waals surface area contributed by atoms with Gasteiger partial charge in [-0.3, -0.25) is 0 Å². The summed E-state index contributed by atoms with van der Waals surface area (Å²) >= 11 is 5.93. The van der Waals surface area contributed by atoms with Gasteiger partial charge in [-0.15, -0.1) is 0 Å². The first-order valence-electron chi connectivity index (χ1n) is 4.47. The Bertz CT molecular complexity index is 347. The molecule has 0 unspecified atom stereocenters. The molecular formula is C11H13ClFN. The molecule has 0 amide bonds. The number of hydrogen-bond acceptors (Lipinski definition) is 1. The lowest BCUT2D eigenvalue weighted by molar-refractivity contribution is 0.618. The van der Waals surface area contributed by atoms with Crippen molar-refractivity contribution in [3.05, 3.63) is 40.2 Å². The number of aryl methyl sites for hydroxylation is 1. The summed E-state index contributed by atoms with van der Waals surface area (Å²) in [4.78, 5) is 0. The Morgan fingerprint density at radius 2 is 2.21 bits per heavy atom. The van der Waals surface area contributed by atoms with Crippen molar-refractivity contribution in [3.8, 4) is 0 Å². The molecule has 14 heavy (non-hydrogen) atoms. The molecule has 0 saturated heterocycles. The van der Waals surface area contributed by atoms with Crippen LogP contribution >= 0.6 is 11.6 Å². The molecule has 1 aromatic carbocycles. The summed E-state index contributed by atoms with van der Waals surface area (Å²) in [6.45, 7) is 2.27. The van der Waals surface area contributed by atoms with Crippen molar-refractivity contribution < 1.29 is 4.39 Å². The van der Waals surface area contributed by atoms with E-state index < -0.39 is 0 Å². The van der Waals surface area contributed by atoms with Crippen LogP contribution in [0.2, 0.25) is 5.02 Å². The highest BCUT2D eigenvalue weighted by Crippen LogP contribution is 2.21.